The third kappa shape index (κ3) is 4.01. The maximum absolute atomic E-state index is 12.9. The molecular weight excluding hydrogens is 348 g/mol. The molecule has 0 saturated carbocycles. The van der Waals surface area contributed by atoms with Crippen molar-refractivity contribution in [1.29, 1.82) is 0 Å². The Morgan fingerprint density at radius 3 is 2.04 bits per heavy atom. The Labute approximate surface area is 131 Å². The SMILES string of the molecule is Oc1ccc(Cl)cc1Nc1cc(C(F)(F)F)ccc1C(F)(F)F. The van der Waals surface area contributed by atoms with Gasteiger partial charge in [0.25, 0.3) is 0 Å². The summed E-state index contributed by atoms with van der Waals surface area (Å²) in [6.07, 6.45) is -9.68. The highest BCUT2D eigenvalue weighted by Crippen LogP contribution is 2.41. The molecule has 0 amide bonds. The second kappa shape index (κ2) is 5.84. The number of hydrogen-bond donors (Lipinski definition) is 2. The number of phenols is 1. The highest BCUT2D eigenvalue weighted by Gasteiger charge is 2.37. The molecule has 2 aromatic carbocycles. The molecule has 2 N–H and O–H groups in total. The Morgan fingerprint density at radius 1 is 0.826 bits per heavy atom. The van der Waals surface area contributed by atoms with Crippen LogP contribution in [0.25, 0.3) is 0 Å². The molecule has 2 rings (SSSR count). The second-order valence-corrected chi connectivity index (χ2v) is 4.98. The van der Waals surface area contributed by atoms with Crippen molar-refractivity contribution >= 4 is 23.0 Å². The lowest BCUT2D eigenvalue weighted by molar-refractivity contribution is -0.140. The highest BCUT2D eigenvalue weighted by atomic mass is 35.5. The molecule has 0 unspecified atom stereocenters. The smallest absolute Gasteiger partial charge is 0.418 e. The summed E-state index contributed by atoms with van der Waals surface area (Å²) in [7, 11) is 0. The molecule has 0 aliphatic heterocycles. The van der Waals surface area contributed by atoms with Gasteiger partial charge in [0, 0.05) is 5.02 Å². The van der Waals surface area contributed by atoms with E-state index in [0.29, 0.717) is 18.2 Å². The van der Waals surface area contributed by atoms with Crippen LogP contribution in [0, 0.1) is 0 Å². The van der Waals surface area contributed by atoms with Crippen LogP contribution in [0.4, 0.5) is 37.7 Å². The van der Waals surface area contributed by atoms with Gasteiger partial charge in [-0.2, -0.15) is 26.3 Å². The van der Waals surface area contributed by atoms with Crippen LogP contribution in [0.3, 0.4) is 0 Å². The van der Waals surface area contributed by atoms with Crippen molar-refractivity contribution in [3.05, 3.63) is 52.5 Å². The zero-order valence-corrected chi connectivity index (χ0v) is 11.8. The lowest BCUT2D eigenvalue weighted by atomic mass is 10.1. The monoisotopic (exact) mass is 355 g/mol. The van der Waals surface area contributed by atoms with Gasteiger partial charge in [-0.3, -0.25) is 0 Å². The predicted octanol–water partition coefficient (Wildman–Crippen LogP) is 5.83. The maximum atomic E-state index is 12.9. The van der Waals surface area contributed by atoms with E-state index in [-0.39, 0.29) is 10.7 Å². The minimum atomic E-state index is -4.87. The molecule has 0 aromatic heterocycles. The molecule has 0 saturated heterocycles. The number of nitrogens with one attached hydrogen (secondary N) is 1. The minimum absolute atomic E-state index is 0.0887. The van der Waals surface area contributed by atoms with E-state index in [9.17, 15) is 31.4 Å². The molecule has 0 spiro atoms. The summed E-state index contributed by atoms with van der Waals surface area (Å²) in [6, 6.07) is 4.46. The Hall–Kier alpha value is -2.09. The molecule has 2 nitrogen and oxygen atoms in total. The lowest BCUT2D eigenvalue weighted by Crippen LogP contribution is -2.12. The number of rotatable bonds is 2. The van der Waals surface area contributed by atoms with Crippen molar-refractivity contribution in [2.24, 2.45) is 0 Å². The van der Waals surface area contributed by atoms with Crippen molar-refractivity contribution in [2.75, 3.05) is 5.32 Å². The number of halogens is 7. The molecule has 0 fully saturated rings. The van der Waals surface area contributed by atoms with Gasteiger partial charge in [0.1, 0.15) is 5.75 Å². The van der Waals surface area contributed by atoms with Crippen LogP contribution in [-0.2, 0) is 12.4 Å². The quantitative estimate of drug-likeness (QED) is 0.525. The van der Waals surface area contributed by atoms with Crippen molar-refractivity contribution in [3.8, 4) is 5.75 Å². The summed E-state index contributed by atoms with van der Waals surface area (Å²) in [5.74, 6) is -0.458. The first-order valence-corrected chi connectivity index (χ1v) is 6.40. The predicted molar refractivity (Wildman–Crippen MR) is 72.8 cm³/mol. The average Bonchev–Trinajstić information content (AvgIpc) is 2.40. The van der Waals surface area contributed by atoms with Gasteiger partial charge < -0.3 is 10.4 Å². The van der Waals surface area contributed by atoms with Gasteiger partial charge >= 0.3 is 12.4 Å². The van der Waals surface area contributed by atoms with Crippen molar-refractivity contribution in [1.82, 2.24) is 0 Å². The van der Waals surface area contributed by atoms with Gasteiger partial charge in [-0.25, -0.2) is 0 Å². The van der Waals surface area contributed by atoms with E-state index < -0.39 is 34.9 Å². The van der Waals surface area contributed by atoms with E-state index in [4.69, 9.17) is 11.6 Å². The maximum Gasteiger partial charge on any atom is 0.418 e. The van der Waals surface area contributed by atoms with Gasteiger partial charge in [0.05, 0.1) is 22.5 Å². The summed E-state index contributed by atoms with van der Waals surface area (Å²) in [6.45, 7) is 0. The number of alkyl halides is 6. The second-order valence-electron chi connectivity index (χ2n) is 4.54. The van der Waals surface area contributed by atoms with Crippen LogP contribution in [0.1, 0.15) is 11.1 Å². The van der Waals surface area contributed by atoms with Crippen molar-refractivity contribution in [2.45, 2.75) is 12.4 Å². The molecule has 9 heteroatoms. The molecular formula is C14H8ClF6NO. The van der Waals surface area contributed by atoms with Crippen molar-refractivity contribution in [3.63, 3.8) is 0 Å². The van der Waals surface area contributed by atoms with Crippen LogP contribution in [0.2, 0.25) is 5.02 Å². The Bertz CT molecular complexity index is 726. The molecule has 0 radical (unpaired) electrons. The minimum Gasteiger partial charge on any atom is -0.506 e. The Kier molecular flexibility index (Phi) is 4.39. The van der Waals surface area contributed by atoms with Crippen LogP contribution in [-0.4, -0.2) is 5.11 Å². The summed E-state index contributed by atoms with van der Waals surface area (Å²) in [5, 5.41) is 11.8. The topological polar surface area (TPSA) is 32.3 Å². The Balaban J connectivity index is 2.55. The molecule has 2 aromatic rings. The molecule has 0 aliphatic rings. The summed E-state index contributed by atoms with van der Waals surface area (Å²) in [5.41, 5.74) is -3.65. The molecule has 23 heavy (non-hydrogen) atoms. The molecule has 0 heterocycles. The van der Waals surface area contributed by atoms with Crippen LogP contribution < -0.4 is 5.32 Å². The lowest BCUT2D eigenvalue weighted by Gasteiger charge is -2.17. The molecule has 0 atom stereocenters. The van der Waals surface area contributed by atoms with E-state index in [1.807, 2.05) is 0 Å². The Morgan fingerprint density at radius 2 is 1.48 bits per heavy atom. The zero-order valence-electron chi connectivity index (χ0n) is 11.1. The van der Waals surface area contributed by atoms with Gasteiger partial charge in [-0.05, 0) is 36.4 Å². The average molecular weight is 356 g/mol. The van der Waals surface area contributed by atoms with E-state index in [1.165, 1.54) is 6.07 Å². The highest BCUT2D eigenvalue weighted by molar-refractivity contribution is 6.31. The largest absolute Gasteiger partial charge is 0.506 e. The molecule has 0 bridgehead atoms. The van der Waals surface area contributed by atoms with Crippen LogP contribution in [0.5, 0.6) is 5.75 Å². The van der Waals surface area contributed by atoms with Crippen LogP contribution in [0.15, 0.2) is 36.4 Å². The fourth-order valence-electron chi connectivity index (χ4n) is 1.82. The fourth-order valence-corrected chi connectivity index (χ4v) is 2.00. The summed E-state index contributed by atoms with van der Waals surface area (Å²) < 4.78 is 76.9. The normalized spacial score (nSPS) is 12.3. The van der Waals surface area contributed by atoms with Gasteiger partial charge in [0.2, 0.25) is 0 Å². The zero-order chi connectivity index (χ0) is 17.4. The standard InChI is InChI=1S/C14H8ClF6NO/c15-8-2-4-12(23)11(6-8)22-10-5-7(13(16,17)18)1-3-9(10)14(19,20)21/h1-6,22-23H. The fraction of sp³-hybridized carbons (Fsp3) is 0.143. The van der Waals surface area contributed by atoms with E-state index in [0.717, 1.165) is 12.1 Å². The number of anilines is 2. The van der Waals surface area contributed by atoms with E-state index in [1.54, 1.807) is 0 Å². The summed E-state index contributed by atoms with van der Waals surface area (Å²) >= 11 is 5.66. The van der Waals surface area contributed by atoms with Crippen LogP contribution >= 0.6 is 11.6 Å². The molecule has 0 aliphatic carbocycles. The van der Waals surface area contributed by atoms with Gasteiger partial charge in [-0.1, -0.05) is 11.6 Å². The van der Waals surface area contributed by atoms with Gasteiger partial charge in [0.15, 0.2) is 0 Å². The number of aromatic hydroxyl groups is 1. The number of phenolic OH excluding ortho intramolecular Hbond substituents is 1. The third-order valence-electron chi connectivity index (χ3n) is 2.88. The first-order valence-electron chi connectivity index (χ1n) is 6.02. The first kappa shape index (κ1) is 17.3. The number of hydrogen-bond acceptors (Lipinski definition) is 2. The van der Waals surface area contributed by atoms with E-state index in [2.05, 4.69) is 5.32 Å². The van der Waals surface area contributed by atoms with E-state index >= 15 is 0 Å². The number of benzene rings is 2. The molecule has 124 valence electrons. The third-order valence-corrected chi connectivity index (χ3v) is 3.12. The van der Waals surface area contributed by atoms with Crippen molar-refractivity contribution < 1.29 is 31.4 Å². The summed E-state index contributed by atoms with van der Waals surface area (Å²) in [4.78, 5) is 0. The first-order chi connectivity index (χ1) is 10.5. The van der Waals surface area contributed by atoms with Gasteiger partial charge in [-0.15, -0.1) is 0 Å².